The van der Waals surface area contributed by atoms with E-state index in [1.54, 1.807) is 0 Å². The quantitative estimate of drug-likeness (QED) is 0.538. The molecule has 0 aromatic carbocycles. The molecule has 0 aliphatic rings. The largest absolute Gasteiger partial charge is 0.503 e. The Hall–Kier alpha value is 0.0569. The summed E-state index contributed by atoms with van der Waals surface area (Å²) >= 11 is 0. The first-order valence-electron chi connectivity index (χ1n) is 6.67. The first-order chi connectivity index (χ1) is 8.14. The van der Waals surface area contributed by atoms with Crippen molar-refractivity contribution in [2.45, 2.75) is 53.2 Å². The van der Waals surface area contributed by atoms with E-state index in [0.29, 0.717) is 26.4 Å². The maximum Gasteiger partial charge on any atom is 0.503 e. The highest BCUT2D eigenvalue weighted by molar-refractivity contribution is 6.60. The second kappa shape index (κ2) is 10.0. The van der Waals surface area contributed by atoms with Gasteiger partial charge >= 0.3 is 8.80 Å². The Morgan fingerprint density at radius 3 is 1.71 bits per heavy atom. The van der Waals surface area contributed by atoms with Crippen LogP contribution < -0.4 is 0 Å². The van der Waals surface area contributed by atoms with E-state index in [0.717, 1.165) is 12.5 Å². The molecule has 4 nitrogen and oxygen atoms in total. The molecule has 0 aromatic heterocycles. The van der Waals surface area contributed by atoms with Gasteiger partial charge in [-0.3, -0.25) is 0 Å². The Morgan fingerprint density at radius 1 is 0.882 bits per heavy atom. The van der Waals surface area contributed by atoms with Gasteiger partial charge in [0.05, 0.1) is 12.7 Å². The summed E-state index contributed by atoms with van der Waals surface area (Å²) in [5.41, 5.74) is 0. The third kappa shape index (κ3) is 7.16. The highest BCUT2D eigenvalue weighted by atomic mass is 28.4. The van der Waals surface area contributed by atoms with Crippen LogP contribution in [-0.2, 0) is 18.0 Å². The van der Waals surface area contributed by atoms with Crippen molar-refractivity contribution in [1.82, 2.24) is 0 Å². The van der Waals surface area contributed by atoms with Crippen LogP contribution in [0.25, 0.3) is 0 Å². The van der Waals surface area contributed by atoms with E-state index in [-0.39, 0.29) is 6.10 Å². The molecule has 0 heterocycles. The molecule has 0 aromatic rings. The van der Waals surface area contributed by atoms with Crippen LogP contribution in [0.5, 0.6) is 0 Å². The lowest BCUT2D eigenvalue weighted by molar-refractivity contribution is 0.0391. The van der Waals surface area contributed by atoms with Gasteiger partial charge in [0, 0.05) is 25.9 Å². The third-order valence-corrected chi connectivity index (χ3v) is 5.48. The molecular formula is C12H28O4Si. The van der Waals surface area contributed by atoms with Gasteiger partial charge in [0.1, 0.15) is 0 Å². The topological polar surface area (TPSA) is 36.9 Å². The van der Waals surface area contributed by atoms with E-state index in [4.69, 9.17) is 18.0 Å². The minimum atomic E-state index is -2.50. The summed E-state index contributed by atoms with van der Waals surface area (Å²) < 4.78 is 22.9. The van der Waals surface area contributed by atoms with Crippen molar-refractivity contribution in [1.29, 1.82) is 0 Å². The fraction of sp³-hybridized carbons (Fsp3) is 1.00. The van der Waals surface area contributed by atoms with E-state index >= 15 is 0 Å². The highest BCUT2D eigenvalue weighted by Gasteiger charge is 2.40. The van der Waals surface area contributed by atoms with Crippen LogP contribution in [0.1, 0.15) is 41.0 Å². The molecule has 0 saturated heterocycles. The predicted molar refractivity (Wildman–Crippen MR) is 71.1 cm³/mol. The van der Waals surface area contributed by atoms with Gasteiger partial charge in [-0.05, 0) is 34.1 Å². The normalized spacial score (nSPS) is 13.9. The van der Waals surface area contributed by atoms with Crippen molar-refractivity contribution in [3.05, 3.63) is 0 Å². The number of hydrogen-bond acceptors (Lipinski definition) is 4. The Labute approximate surface area is 107 Å². The number of rotatable bonds is 11. The zero-order chi connectivity index (χ0) is 13.1. The molecule has 0 fully saturated rings. The summed E-state index contributed by atoms with van der Waals surface area (Å²) in [5, 5.41) is 0. The van der Waals surface area contributed by atoms with E-state index in [9.17, 15) is 0 Å². The van der Waals surface area contributed by atoms with Gasteiger partial charge < -0.3 is 18.0 Å². The molecule has 5 heteroatoms. The van der Waals surface area contributed by atoms with Crippen LogP contribution in [0.2, 0.25) is 6.04 Å². The van der Waals surface area contributed by atoms with Gasteiger partial charge in [0.25, 0.3) is 0 Å². The van der Waals surface area contributed by atoms with Gasteiger partial charge in [-0.1, -0.05) is 6.92 Å². The van der Waals surface area contributed by atoms with Crippen LogP contribution >= 0.6 is 0 Å². The van der Waals surface area contributed by atoms with Gasteiger partial charge in [0.2, 0.25) is 0 Å². The predicted octanol–water partition coefficient (Wildman–Crippen LogP) is 2.85. The Kier molecular flexibility index (Phi) is 10.1. The Bertz CT molecular complexity index is 161. The SMILES string of the molecule is CCO[Si](CCOC(C)CC)(OCC)OCC. The number of ether oxygens (including phenoxy) is 1. The minimum Gasteiger partial charge on any atom is -0.379 e. The zero-order valence-corrected chi connectivity index (χ0v) is 13.0. The Balaban J connectivity index is 4.23. The first-order valence-corrected chi connectivity index (χ1v) is 8.60. The molecule has 1 unspecified atom stereocenters. The summed E-state index contributed by atoms with van der Waals surface area (Å²) in [6.45, 7) is 12.6. The molecule has 0 aliphatic heterocycles. The molecule has 0 amide bonds. The third-order valence-electron chi connectivity index (χ3n) is 2.48. The summed E-state index contributed by atoms with van der Waals surface area (Å²) in [7, 11) is -2.50. The van der Waals surface area contributed by atoms with Crippen molar-refractivity contribution in [2.75, 3.05) is 26.4 Å². The fourth-order valence-corrected chi connectivity index (χ4v) is 3.87. The molecular weight excluding hydrogens is 236 g/mol. The van der Waals surface area contributed by atoms with Crippen molar-refractivity contribution < 1.29 is 18.0 Å². The lowest BCUT2D eigenvalue weighted by Crippen LogP contribution is -2.47. The molecule has 1 atom stereocenters. The average Bonchev–Trinajstić information content (AvgIpc) is 2.30. The van der Waals surface area contributed by atoms with Crippen molar-refractivity contribution in [3.63, 3.8) is 0 Å². The second-order valence-electron chi connectivity index (χ2n) is 3.82. The number of hydrogen-bond donors (Lipinski definition) is 0. The van der Waals surface area contributed by atoms with Gasteiger partial charge in [-0.15, -0.1) is 0 Å². The van der Waals surface area contributed by atoms with Gasteiger partial charge in [-0.25, -0.2) is 0 Å². The fourth-order valence-electron chi connectivity index (χ4n) is 1.50. The standard InChI is InChI=1S/C12H28O4Si/c1-6-12(5)13-10-11-17(14-7-2,15-8-3)16-9-4/h12H,6-11H2,1-5H3. The van der Waals surface area contributed by atoms with Crippen molar-refractivity contribution >= 4 is 8.80 Å². The van der Waals surface area contributed by atoms with E-state index in [1.165, 1.54) is 0 Å². The lowest BCUT2D eigenvalue weighted by atomic mass is 10.3. The van der Waals surface area contributed by atoms with E-state index < -0.39 is 8.80 Å². The van der Waals surface area contributed by atoms with E-state index in [2.05, 4.69) is 13.8 Å². The molecule has 0 radical (unpaired) electrons. The Morgan fingerprint density at radius 2 is 1.35 bits per heavy atom. The second-order valence-corrected chi connectivity index (χ2v) is 6.55. The van der Waals surface area contributed by atoms with Crippen molar-refractivity contribution in [3.8, 4) is 0 Å². The molecule has 0 saturated carbocycles. The summed E-state index contributed by atoms with van der Waals surface area (Å²) in [6, 6.07) is 0.729. The molecule has 0 bridgehead atoms. The van der Waals surface area contributed by atoms with Crippen LogP contribution in [0, 0.1) is 0 Å². The average molecular weight is 264 g/mol. The molecule has 104 valence electrons. The smallest absolute Gasteiger partial charge is 0.379 e. The summed E-state index contributed by atoms with van der Waals surface area (Å²) in [4.78, 5) is 0. The monoisotopic (exact) mass is 264 g/mol. The van der Waals surface area contributed by atoms with Gasteiger partial charge in [0.15, 0.2) is 0 Å². The molecule has 17 heavy (non-hydrogen) atoms. The van der Waals surface area contributed by atoms with Crippen LogP contribution in [-0.4, -0.2) is 41.3 Å². The maximum atomic E-state index is 5.74. The molecule has 0 rings (SSSR count). The maximum absolute atomic E-state index is 5.74. The first kappa shape index (κ1) is 17.1. The van der Waals surface area contributed by atoms with E-state index in [1.807, 2.05) is 20.8 Å². The lowest BCUT2D eigenvalue weighted by Gasteiger charge is -2.28. The van der Waals surface area contributed by atoms with Crippen LogP contribution in [0.3, 0.4) is 0 Å². The van der Waals surface area contributed by atoms with Gasteiger partial charge in [-0.2, -0.15) is 0 Å². The molecule has 0 aliphatic carbocycles. The van der Waals surface area contributed by atoms with Crippen LogP contribution in [0.4, 0.5) is 0 Å². The molecule has 0 N–H and O–H groups in total. The zero-order valence-electron chi connectivity index (χ0n) is 12.0. The summed E-state index contributed by atoms with van der Waals surface area (Å²) in [6.07, 6.45) is 1.30. The van der Waals surface area contributed by atoms with Crippen LogP contribution in [0.15, 0.2) is 0 Å². The molecule has 0 spiro atoms. The summed E-state index contributed by atoms with van der Waals surface area (Å²) in [5.74, 6) is 0. The van der Waals surface area contributed by atoms with Crippen molar-refractivity contribution in [2.24, 2.45) is 0 Å². The minimum absolute atomic E-state index is 0.284. The highest BCUT2D eigenvalue weighted by Crippen LogP contribution is 2.16.